The van der Waals surface area contributed by atoms with E-state index in [0.717, 1.165) is 22.4 Å². The lowest BCUT2D eigenvalue weighted by Gasteiger charge is -2.41. The van der Waals surface area contributed by atoms with E-state index >= 15 is 0 Å². The molecular weight excluding hydrogens is 489 g/mol. The Balaban J connectivity index is 1.79. The van der Waals surface area contributed by atoms with E-state index in [2.05, 4.69) is 0 Å². The Labute approximate surface area is 219 Å². The largest absolute Gasteiger partial charge is 0.479 e. The molecule has 37 heavy (non-hydrogen) atoms. The molecule has 0 spiro atoms. The van der Waals surface area contributed by atoms with Crippen molar-refractivity contribution in [1.82, 2.24) is 4.90 Å². The minimum atomic E-state index is -1.71. The monoisotopic (exact) mass is 519 g/mol. The summed E-state index contributed by atoms with van der Waals surface area (Å²) in [6.07, 6.45) is 2.33. The minimum absolute atomic E-state index is 0.216. The van der Waals surface area contributed by atoms with Crippen molar-refractivity contribution in [1.29, 1.82) is 0 Å². The van der Waals surface area contributed by atoms with E-state index in [4.69, 9.17) is 0 Å². The number of aliphatic carboxylic acids is 1. The summed E-state index contributed by atoms with van der Waals surface area (Å²) < 4.78 is 14.0. The van der Waals surface area contributed by atoms with Gasteiger partial charge in [-0.05, 0) is 74.4 Å². The number of rotatable bonds is 6. The number of ketones is 1. The van der Waals surface area contributed by atoms with Crippen LogP contribution >= 0.6 is 11.3 Å². The molecule has 4 atom stereocenters. The molecule has 1 saturated heterocycles. The Kier molecular flexibility index (Phi) is 6.52. The first-order valence-corrected chi connectivity index (χ1v) is 13.5. The zero-order chi connectivity index (χ0) is 26.5. The maximum Gasteiger partial charge on any atom is 0.330 e. The van der Waals surface area contributed by atoms with Crippen LogP contribution in [0.5, 0.6) is 0 Å². The van der Waals surface area contributed by atoms with Crippen molar-refractivity contribution < 1.29 is 23.9 Å². The summed E-state index contributed by atoms with van der Waals surface area (Å²) in [6, 6.07) is 14.1. The lowest BCUT2D eigenvalue weighted by molar-refractivity contribution is -0.161. The molecule has 5 nitrogen and oxygen atoms in total. The number of benzene rings is 2. The van der Waals surface area contributed by atoms with Crippen molar-refractivity contribution >= 4 is 29.0 Å². The Morgan fingerprint density at radius 2 is 1.76 bits per heavy atom. The van der Waals surface area contributed by atoms with Gasteiger partial charge in [-0.15, -0.1) is 11.3 Å². The number of carbonyl (C=O) groups is 3. The summed E-state index contributed by atoms with van der Waals surface area (Å²) in [6.45, 7) is 5.38. The molecule has 1 amide bonds. The molecule has 0 bridgehead atoms. The number of carboxylic acids is 1. The van der Waals surface area contributed by atoms with Crippen LogP contribution in [0.15, 0.2) is 60.0 Å². The summed E-state index contributed by atoms with van der Waals surface area (Å²) in [7, 11) is 0. The van der Waals surface area contributed by atoms with E-state index in [-0.39, 0.29) is 17.6 Å². The zero-order valence-electron chi connectivity index (χ0n) is 21.1. The van der Waals surface area contributed by atoms with Crippen molar-refractivity contribution in [2.75, 3.05) is 0 Å². The van der Waals surface area contributed by atoms with Gasteiger partial charge in [-0.1, -0.05) is 42.3 Å². The number of aryl methyl sites for hydroxylation is 2. The predicted octanol–water partition coefficient (Wildman–Crippen LogP) is 6.31. The molecule has 2 aromatic carbocycles. The molecule has 4 unspecified atom stereocenters. The van der Waals surface area contributed by atoms with E-state index in [0.29, 0.717) is 24.0 Å². The Morgan fingerprint density at radius 1 is 1.05 bits per heavy atom. The molecule has 2 aliphatic rings. The first-order chi connectivity index (χ1) is 17.6. The van der Waals surface area contributed by atoms with E-state index in [1.165, 1.54) is 28.4 Å². The van der Waals surface area contributed by atoms with Gasteiger partial charge in [0.15, 0.2) is 5.78 Å². The molecular formula is C30H30FNO4S. The molecule has 2 heterocycles. The van der Waals surface area contributed by atoms with Crippen LogP contribution in [0.25, 0.3) is 0 Å². The van der Waals surface area contributed by atoms with Crippen molar-refractivity contribution in [3.63, 3.8) is 0 Å². The lowest BCUT2D eigenvalue weighted by atomic mass is 9.72. The highest BCUT2D eigenvalue weighted by Crippen LogP contribution is 2.58. The zero-order valence-corrected chi connectivity index (χ0v) is 21.9. The summed E-state index contributed by atoms with van der Waals surface area (Å²) in [5.74, 6) is -4.07. The van der Waals surface area contributed by atoms with Crippen molar-refractivity contribution in [3.8, 4) is 0 Å². The highest BCUT2D eigenvalue weighted by Gasteiger charge is 2.65. The maximum atomic E-state index is 14.4. The summed E-state index contributed by atoms with van der Waals surface area (Å²) in [4.78, 5) is 44.0. The summed E-state index contributed by atoms with van der Waals surface area (Å²) in [5.41, 5.74) is 1.11. The molecule has 2 fully saturated rings. The number of thiophene rings is 1. The SMILES string of the molecule is Cc1cccc(C(=O)C2C(c3sccc3C)N(C(=O)C3CCC3)C(C)(C(=O)O)C2c2ccc(F)cc2)c1. The number of Topliss-reactive ketones (excluding diaryl/α,β-unsaturated/α-hetero) is 1. The minimum Gasteiger partial charge on any atom is -0.479 e. The standard InChI is InChI=1S/C30H30FNO4S/c1-17-6-4-9-21(16-17)26(33)23-24(19-10-12-22(31)13-11-19)30(3,29(35)36)32(28(34)20-7-5-8-20)25(23)27-18(2)14-15-37-27/h4,6,9-16,20,23-25H,5,7-8H2,1-3H3,(H,35,36). The van der Waals surface area contributed by atoms with Crippen LogP contribution < -0.4 is 0 Å². The number of nitrogens with zero attached hydrogens (tertiary/aromatic N) is 1. The van der Waals surface area contributed by atoms with Crippen LogP contribution in [0.4, 0.5) is 4.39 Å². The van der Waals surface area contributed by atoms with Crippen molar-refractivity contribution in [3.05, 3.63) is 92.9 Å². The van der Waals surface area contributed by atoms with Gasteiger partial charge in [-0.2, -0.15) is 0 Å². The van der Waals surface area contributed by atoms with Gasteiger partial charge in [-0.3, -0.25) is 9.59 Å². The van der Waals surface area contributed by atoms with Gasteiger partial charge in [0, 0.05) is 22.3 Å². The number of likely N-dealkylation sites (tertiary alicyclic amines) is 1. The smallest absolute Gasteiger partial charge is 0.330 e. The molecule has 1 aliphatic heterocycles. The van der Waals surface area contributed by atoms with E-state index in [9.17, 15) is 23.9 Å². The van der Waals surface area contributed by atoms with Crippen LogP contribution in [-0.4, -0.2) is 33.2 Å². The maximum absolute atomic E-state index is 14.4. The second kappa shape index (κ2) is 9.53. The predicted molar refractivity (Wildman–Crippen MR) is 140 cm³/mol. The van der Waals surface area contributed by atoms with E-state index < -0.39 is 35.2 Å². The number of halogens is 1. The third-order valence-electron chi connectivity index (χ3n) is 8.21. The van der Waals surface area contributed by atoms with Gasteiger partial charge in [0.05, 0.1) is 12.0 Å². The average Bonchev–Trinajstić information content (AvgIpc) is 3.36. The molecule has 1 aromatic heterocycles. The second-order valence-electron chi connectivity index (χ2n) is 10.5. The Bertz CT molecular complexity index is 1360. The molecule has 3 aromatic rings. The normalized spacial score (nSPS) is 25.6. The molecule has 7 heteroatoms. The first kappa shape index (κ1) is 25.3. The van der Waals surface area contributed by atoms with Crippen LogP contribution in [0.3, 0.4) is 0 Å². The third kappa shape index (κ3) is 4.09. The van der Waals surface area contributed by atoms with Gasteiger partial charge in [-0.25, -0.2) is 9.18 Å². The Hall–Kier alpha value is -3.32. The number of carbonyl (C=O) groups excluding carboxylic acids is 2. The fourth-order valence-electron chi connectivity index (χ4n) is 6.04. The Morgan fingerprint density at radius 3 is 2.30 bits per heavy atom. The van der Waals surface area contributed by atoms with Crippen molar-refractivity contribution in [2.24, 2.45) is 11.8 Å². The molecule has 5 rings (SSSR count). The van der Waals surface area contributed by atoms with Gasteiger partial charge in [0.1, 0.15) is 11.4 Å². The van der Waals surface area contributed by atoms with E-state index in [1.807, 2.05) is 37.4 Å². The fourth-order valence-corrected chi connectivity index (χ4v) is 7.10. The van der Waals surface area contributed by atoms with Gasteiger partial charge in [0.2, 0.25) is 5.91 Å². The van der Waals surface area contributed by atoms with Crippen LogP contribution in [0.1, 0.15) is 70.1 Å². The molecule has 192 valence electrons. The average molecular weight is 520 g/mol. The lowest BCUT2D eigenvalue weighted by Crippen LogP contribution is -2.56. The number of hydrogen-bond acceptors (Lipinski definition) is 4. The highest BCUT2D eigenvalue weighted by atomic mass is 32.1. The summed E-state index contributed by atoms with van der Waals surface area (Å²) in [5, 5.41) is 12.7. The fraction of sp³-hybridized carbons (Fsp3) is 0.367. The molecule has 1 saturated carbocycles. The van der Waals surface area contributed by atoms with Crippen LogP contribution in [0, 0.1) is 31.5 Å². The van der Waals surface area contributed by atoms with Crippen molar-refractivity contribution in [2.45, 2.75) is 57.5 Å². The van der Waals surface area contributed by atoms with Gasteiger partial charge in [0.25, 0.3) is 0 Å². The van der Waals surface area contributed by atoms with E-state index in [1.54, 1.807) is 31.2 Å². The molecule has 1 aliphatic carbocycles. The number of carboxylic acid groups (broad SMARTS) is 1. The number of hydrogen-bond donors (Lipinski definition) is 1. The van der Waals surface area contributed by atoms with Crippen LogP contribution in [0.2, 0.25) is 0 Å². The van der Waals surface area contributed by atoms with Gasteiger partial charge >= 0.3 is 5.97 Å². The molecule has 0 radical (unpaired) electrons. The quantitative estimate of drug-likeness (QED) is 0.387. The third-order valence-corrected chi connectivity index (χ3v) is 9.30. The first-order valence-electron chi connectivity index (χ1n) is 12.6. The number of amides is 1. The highest BCUT2D eigenvalue weighted by molar-refractivity contribution is 7.10. The van der Waals surface area contributed by atoms with Crippen LogP contribution in [-0.2, 0) is 9.59 Å². The summed E-state index contributed by atoms with van der Waals surface area (Å²) >= 11 is 1.44. The second-order valence-corrected chi connectivity index (χ2v) is 11.4. The van der Waals surface area contributed by atoms with Gasteiger partial charge < -0.3 is 10.0 Å². The topological polar surface area (TPSA) is 74.7 Å². The molecule has 1 N–H and O–H groups in total.